The molecule has 2 N–H and O–H groups in total. The number of carbonyl (C=O) groups is 2. The molecule has 0 aromatic heterocycles. The van der Waals surface area contributed by atoms with Crippen LogP contribution in [0.3, 0.4) is 0 Å². The van der Waals surface area contributed by atoms with Crippen molar-refractivity contribution in [1.82, 2.24) is 0 Å². The van der Waals surface area contributed by atoms with E-state index in [2.05, 4.69) is 0 Å². The topological polar surface area (TPSA) is 96.4 Å². The molecule has 0 saturated heterocycles. The Hall–Kier alpha value is -3.40. The Kier molecular flexibility index (Phi) is 6.50. The molecule has 0 fully saturated rings. The molecular formula is C20H20FN3O3. The molecule has 140 valence electrons. The minimum atomic E-state index is -0.818. The molecule has 0 unspecified atom stereocenters. The molecule has 7 heteroatoms. The van der Waals surface area contributed by atoms with Gasteiger partial charge in [0.1, 0.15) is 5.82 Å². The number of amides is 1. The predicted molar refractivity (Wildman–Crippen MR) is 99.6 cm³/mol. The maximum Gasteiger partial charge on any atom is 0.340 e. The molecule has 0 spiro atoms. The van der Waals surface area contributed by atoms with Crippen LogP contribution >= 0.6 is 0 Å². The molecule has 2 aromatic carbocycles. The molecule has 27 heavy (non-hydrogen) atoms. The average molecular weight is 369 g/mol. The van der Waals surface area contributed by atoms with Crippen molar-refractivity contribution < 1.29 is 18.7 Å². The number of rotatable bonds is 6. The van der Waals surface area contributed by atoms with Gasteiger partial charge in [-0.2, -0.15) is 5.26 Å². The Bertz CT molecular complexity index is 886. The van der Waals surface area contributed by atoms with Gasteiger partial charge in [0.25, 0.3) is 5.91 Å². The van der Waals surface area contributed by atoms with Crippen LogP contribution in [-0.2, 0) is 9.53 Å². The van der Waals surface area contributed by atoms with Crippen molar-refractivity contribution in [2.24, 2.45) is 0 Å². The highest BCUT2D eigenvalue weighted by atomic mass is 19.1. The first-order chi connectivity index (χ1) is 12.8. The van der Waals surface area contributed by atoms with E-state index in [9.17, 15) is 14.0 Å². The molecular weight excluding hydrogens is 349 g/mol. The fourth-order valence-corrected chi connectivity index (χ4v) is 2.67. The summed E-state index contributed by atoms with van der Waals surface area (Å²) in [5.41, 5.74) is 8.09. The fourth-order valence-electron chi connectivity index (χ4n) is 2.67. The molecule has 2 aromatic rings. The number of hydrogen-bond acceptors (Lipinski definition) is 5. The Labute approximate surface area is 157 Å². The van der Waals surface area contributed by atoms with Gasteiger partial charge in [0.2, 0.25) is 0 Å². The van der Waals surface area contributed by atoms with Gasteiger partial charge < -0.3 is 15.4 Å². The number of nitrogens with two attached hydrogens (primary N) is 1. The quantitative estimate of drug-likeness (QED) is 0.623. The van der Waals surface area contributed by atoms with Crippen LogP contribution < -0.4 is 10.6 Å². The van der Waals surface area contributed by atoms with Crippen LogP contribution in [0.15, 0.2) is 36.4 Å². The molecule has 0 aliphatic heterocycles. The molecule has 0 heterocycles. The largest absolute Gasteiger partial charge is 0.452 e. The van der Waals surface area contributed by atoms with Crippen molar-refractivity contribution in [3.8, 4) is 6.07 Å². The zero-order chi connectivity index (χ0) is 20.0. The molecule has 0 atom stereocenters. The third-order valence-corrected chi connectivity index (χ3v) is 3.83. The number of carbonyl (C=O) groups excluding carboxylic acids is 2. The predicted octanol–water partition coefficient (Wildman–Crippen LogP) is 3.13. The number of anilines is 2. The average Bonchev–Trinajstić information content (AvgIpc) is 2.59. The number of benzene rings is 2. The maximum absolute atomic E-state index is 13.1. The monoisotopic (exact) mass is 369 g/mol. The molecule has 0 radical (unpaired) electrons. The van der Waals surface area contributed by atoms with Crippen molar-refractivity contribution in [2.75, 3.05) is 23.8 Å². The highest BCUT2D eigenvalue weighted by Crippen LogP contribution is 2.20. The van der Waals surface area contributed by atoms with Gasteiger partial charge in [-0.1, -0.05) is 6.07 Å². The number of nitrogens with zero attached hydrogens (tertiary/aromatic N) is 2. The zero-order valence-electron chi connectivity index (χ0n) is 15.2. The lowest BCUT2D eigenvalue weighted by Gasteiger charge is -2.22. The highest BCUT2D eigenvalue weighted by molar-refractivity contribution is 5.99. The summed E-state index contributed by atoms with van der Waals surface area (Å²) in [6.45, 7) is 3.46. The minimum absolute atomic E-state index is 0.0147. The van der Waals surface area contributed by atoms with E-state index in [1.807, 2.05) is 38.1 Å². The van der Waals surface area contributed by atoms with Gasteiger partial charge in [0.05, 0.1) is 18.1 Å². The van der Waals surface area contributed by atoms with Crippen LogP contribution in [-0.4, -0.2) is 25.0 Å². The normalized spacial score (nSPS) is 10.1. The first kappa shape index (κ1) is 19.9. The number of halogens is 1. The second-order valence-electron chi connectivity index (χ2n) is 6.11. The number of ether oxygens (including phenoxy) is 1. The lowest BCUT2D eigenvalue weighted by molar-refractivity contribution is -0.121. The molecule has 2 rings (SSSR count). The van der Waals surface area contributed by atoms with Gasteiger partial charge >= 0.3 is 5.97 Å². The highest BCUT2D eigenvalue weighted by Gasteiger charge is 2.19. The van der Waals surface area contributed by atoms with Gasteiger partial charge in [-0.05, 0) is 55.3 Å². The van der Waals surface area contributed by atoms with E-state index in [4.69, 9.17) is 15.7 Å². The number of nitriles is 1. The maximum atomic E-state index is 13.1. The van der Waals surface area contributed by atoms with Gasteiger partial charge in [0.15, 0.2) is 6.61 Å². The van der Waals surface area contributed by atoms with Crippen LogP contribution in [0, 0.1) is 31.0 Å². The van der Waals surface area contributed by atoms with E-state index in [-0.39, 0.29) is 24.2 Å². The van der Waals surface area contributed by atoms with E-state index in [1.165, 1.54) is 11.0 Å². The lowest BCUT2D eigenvalue weighted by atomic mass is 10.1. The Morgan fingerprint density at radius 3 is 2.44 bits per heavy atom. The van der Waals surface area contributed by atoms with E-state index in [0.29, 0.717) is 5.69 Å². The van der Waals surface area contributed by atoms with Gasteiger partial charge in [-0.15, -0.1) is 0 Å². The first-order valence-corrected chi connectivity index (χ1v) is 8.29. The summed E-state index contributed by atoms with van der Waals surface area (Å²) in [5.74, 6) is -1.86. The van der Waals surface area contributed by atoms with Crippen LogP contribution in [0.4, 0.5) is 15.8 Å². The standard InChI is InChI=1S/C20H20FN3O3/c1-13-8-14(2)10-16(9-13)24(7-3-6-22)19(25)12-27-20(26)17-5-4-15(21)11-18(17)23/h4-5,8-11H,3,7,12,23H2,1-2H3. The number of esters is 1. The van der Waals surface area contributed by atoms with Crippen molar-refractivity contribution in [3.05, 3.63) is 58.9 Å². The van der Waals surface area contributed by atoms with Crippen molar-refractivity contribution in [1.29, 1.82) is 5.26 Å². The summed E-state index contributed by atoms with van der Waals surface area (Å²) < 4.78 is 18.1. The summed E-state index contributed by atoms with van der Waals surface area (Å²) >= 11 is 0. The van der Waals surface area contributed by atoms with E-state index in [0.717, 1.165) is 23.3 Å². The van der Waals surface area contributed by atoms with Crippen LogP contribution in [0.5, 0.6) is 0 Å². The Morgan fingerprint density at radius 1 is 1.19 bits per heavy atom. The second-order valence-corrected chi connectivity index (χ2v) is 6.11. The SMILES string of the molecule is Cc1cc(C)cc(N(CCC#N)C(=O)COC(=O)c2ccc(F)cc2N)c1. The van der Waals surface area contributed by atoms with E-state index in [1.54, 1.807) is 0 Å². The van der Waals surface area contributed by atoms with Crippen molar-refractivity contribution in [2.45, 2.75) is 20.3 Å². The van der Waals surface area contributed by atoms with Gasteiger partial charge in [-0.25, -0.2) is 9.18 Å². The van der Waals surface area contributed by atoms with Crippen molar-refractivity contribution in [3.63, 3.8) is 0 Å². The smallest absolute Gasteiger partial charge is 0.340 e. The Morgan fingerprint density at radius 2 is 1.85 bits per heavy atom. The number of nitrogen functional groups attached to an aromatic ring is 1. The summed E-state index contributed by atoms with van der Waals surface area (Å²) in [6, 6.07) is 10.9. The van der Waals surface area contributed by atoms with Gasteiger partial charge in [-0.3, -0.25) is 4.79 Å². The zero-order valence-corrected chi connectivity index (χ0v) is 15.2. The summed E-state index contributed by atoms with van der Waals surface area (Å²) in [5, 5.41) is 8.85. The van der Waals surface area contributed by atoms with E-state index < -0.39 is 24.3 Å². The van der Waals surface area contributed by atoms with Crippen molar-refractivity contribution >= 4 is 23.3 Å². The fraction of sp³-hybridized carbons (Fsp3) is 0.250. The summed E-state index contributed by atoms with van der Waals surface area (Å²) in [6.07, 6.45) is 0.136. The summed E-state index contributed by atoms with van der Waals surface area (Å²) in [7, 11) is 0. The molecule has 0 aliphatic carbocycles. The van der Waals surface area contributed by atoms with Crippen LogP contribution in [0.2, 0.25) is 0 Å². The van der Waals surface area contributed by atoms with Crippen LogP contribution in [0.25, 0.3) is 0 Å². The Balaban J connectivity index is 2.13. The molecule has 0 bridgehead atoms. The molecule has 0 aliphatic rings. The molecule has 0 saturated carbocycles. The second kappa shape index (κ2) is 8.81. The molecule has 1 amide bonds. The minimum Gasteiger partial charge on any atom is -0.452 e. The summed E-state index contributed by atoms with van der Waals surface area (Å²) in [4.78, 5) is 26.1. The number of hydrogen-bond donors (Lipinski definition) is 1. The third kappa shape index (κ3) is 5.28. The molecule has 6 nitrogen and oxygen atoms in total. The third-order valence-electron chi connectivity index (χ3n) is 3.83. The first-order valence-electron chi connectivity index (χ1n) is 8.29. The lowest BCUT2D eigenvalue weighted by Crippen LogP contribution is -2.35. The van der Waals surface area contributed by atoms with Crippen LogP contribution in [0.1, 0.15) is 27.9 Å². The van der Waals surface area contributed by atoms with E-state index >= 15 is 0 Å². The number of aryl methyl sites for hydroxylation is 2. The van der Waals surface area contributed by atoms with Gasteiger partial charge in [0, 0.05) is 17.9 Å².